The zero-order chi connectivity index (χ0) is 14.5. The monoisotopic (exact) mass is 287 g/mol. The first-order valence-corrected chi connectivity index (χ1v) is 7.54. The molecule has 0 aliphatic heterocycles. The van der Waals surface area contributed by atoms with E-state index in [1.165, 1.54) is 11.1 Å². The summed E-state index contributed by atoms with van der Waals surface area (Å²) in [6.45, 7) is 4.43. The number of nitrogens with two attached hydrogens (primary N) is 1. The van der Waals surface area contributed by atoms with Crippen molar-refractivity contribution < 1.29 is 0 Å². The largest absolute Gasteiger partial charge is 0.324 e. The van der Waals surface area contributed by atoms with E-state index in [-0.39, 0.29) is 6.04 Å². The third-order valence-electron chi connectivity index (χ3n) is 3.69. The van der Waals surface area contributed by atoms with Crippen LogP contribution in [0.1, 0.15) is 48.9 Å². The van der Waals surface area contributed by atoms with Gasteiger partial charge in [-0.15, -0.1) is 0 Å². The lowest BCUT2D eigenvalue weighted by molar-refractivity contribution is 0.651. The fourth-order valence-corrected chi connectivity index (χ4v) is 2.39. The van der Waals surface area contributed by atoms with Crippen molar-refractivity contribution in [3.63, 3.8) is 0 Å². The quantitative estimate of drug-likeness (QED) is 0.814. The second-order valence-electron chi connectivity index (χ2n) is 5.59. The molecule has 0 aliphatic rings. The van der Waals surface area contributed by atoms with Crippen LogP contribution in [0.5, 0.6) is 0 Å². The van der Waals surface area contributed by atoms with Gasteiger partial charge in [-0.3, -0.25) is 0 Å². The van der Waals surface area contributed by atoms with Crippen LogP contribution < -0.4 is 5.73 Å². The Kier molecular flexibility index (Phi) is 5.22. The van der Waals surface area contributed by atoms with E-state index in [1.807, 2.05) is 24.3 Å². The maximum atomic E-state index is 6.23. The lowest BCUT2D eigenvalue weighted by atomic mass is 9.97. The summed E-state index contributed by atoms with van der Waals surface area (Å²) < 4.78 is 0. The second-order valence-corrected chi connectivity index (χ2v) is 6.03. The van der Waals surface area contributed by atoms with Crippen LogP contribution in [0.15, 0.2) is 48.5 Å². The molecule has 0 radical (unpaired) electrons. The number of hydrogen-bond donors (Lipinski definition) is 1. The molecule has 0 fully saturated rings. The molecule has 20 heavy (non-hydrogen) atoms. The van der Waals surface area contributed by atoms with E-state index in [1.54, 1.807) is 0 Å². The molecule has 0 heterocycles. The van der Waals surface area contributed by atoms with Gasteiger partial charge in [0.15, 0.2) is 0 Å². The van der Waals surface area contributed by atoms with Gasteiger partial charge < -0.3 is 5.73 Å². The predicted molar refractivity (Wildman–Crippen MR) is 87.2 cm³/mol. The van der Waals surface area contributed by atoms with Crippen LogP contribution in [-0.4, -0.2) is 0 Å². The number of benzene rings is 2. The fourth-order valence-electron chi connectivity index (χ4n) is 2.27. The van der Waals surface area contributed by atoms with Crippen LogP contribution in [-0.2, 0) is 6.42 Å². The van der Waals surface area contributed by atoms with Crippen LogP contribution >= 0.6 is 11.6 Å². The van der Waals surface area contributed by atoms with Crippen molar-refractivity contribution in [3.8, 4) is 0 Å². The summed E-state index contributed by atoms with van der Waals surface area (Å²) in [5.74, 6) is 0.584. The van der Waals surface area contributed by atoms with Crippen LogP contribution in [0.3, 0.4) is 0 Å². The Balaban J connectivity index is 1.92. The molecule has 0 bridgehead atoms. The standard InChI is InChI=1S/C18H22ClN/c1-13(2)15-6-3-14(4-7-15)5-12-18(20)16-8-10-17(19)11-9-16/h3-4,6-11,13,18H,5,12,20H2,1-2H3. The summed E-state index contributed by atoms with van der Waals surface area (Å²) in [6.07, 6.45) is 1.95. The third kappa shape index (κ3) is 4.09. The molecule has 1 unspecified atom stereocenters. The Morgan fingerprint density at radius 2 is 1.45 bits per heavy atom. The normalized spacial score (nSPS) is 12.7. The number of rotatable bonds is 5. The summed E-state index contributed by atoms with van der Waals surface area (Å²) in [7, 11) is 0. The maximum absolute atomic E-state index is 6.23. The summed E-state index contributed by atoms with van der Waals surface area (Å²) in [5, 5.41) is 0.755. The lowest BCUT2D eigenvalue weighted by Crippen LogP contribution is -2.11. The molecule has 1 nitrogen and oxygen atoms in total. The summed E-state index contributed by atoms with van der Waals surface area (Å²) >= 11 is 5.89. The van der Waals surface area contributed by atoms with Crippen molar-refractivity contribution in [2.24, 2.45) is 5.73 Å². The molecule has 0 saturated carbocycles. The van der Waals surface area contributed by atoms with Gasteiger partial charge in [-0.1, -0.05) is 61.8 Å². The van der Waals surface area contributed by atoms with Gasteiger partial charge in [0.1, 0.15) is 0 Å². The topological polar surface area (TPSA) is 26.0 Å². The van der Waals surface area contributed by atoms with Crippen molar-refractivity contribution in [2.75, 3.05) is 0 Å². The summed E-state index contributed by atoms with van der Waals surface area (Å²) in [4.78, 5) is 0. The molecule has 0 aromatic heterocycles. The summed E-state index contributed by atoms with van der Waals surface area (Å²) in [5.41, 5.74) is 10.1. The molecule has 0 saturated heterocycles. The molecule has 0 amide bonds. The number of halogens is 1. The molecule has 0 aliphatic carbocycles. The minimum atomic E-state index is 0.0667. The van der Waals surface area contributed by atoms with Crippen molar-refractivity contribution in [3.05, 3.63) is 70.2 Å². The van der Waals surface area contributed by atoms with Gasteiger partial charge in [-0.05, 0) is 47.6 Å². The second kappa shape index (κ2) is 6.92. The lowest BCUT2D eigenvalue weighted by Gasteiger charge is -2.13. The zero-order valence-electron chi connectivity index (χ0n) is 12.1. The minimum Gasteiger partial charge on any atom is -0.324 e. The van der Waals surface area contributed by atoms with E-state index in [0.29, 0.717) is 5.92 Å². The average molecular weight is 288 g/mol. The molecule has 2 aromatic carbocycles. The van der Waals surface area contributed by atoms with Gasteiger partial charge in [0.05, 0.1) is 0 Å². The molecule has 1 atom stereocenters. The molecule has 0 spiro atoms. The highest BCUT2D eigenvalue weighted by Crippen LogP contribution is 2.20. The number of hydrogen-bond acceptors (Lipinski definition) is 1. The molecule has 2 heteroatoms. The molecule has 2 rings (SSSR count). The van der Waals surface area contributed by atoms with E-state index in [0.717, 1.165) is 23.4 Å². The van der Waals surface area contributed by atoms with Gasteiger partial charge in [-0.25, -0.2) is 0 Å². The van der Waals surface area contributed by atoms with Gasteiger partial charge in [0.2, 0.25) is 0 Å². The molecule has 106 valence electrons. The zero-order valence-corrected chi connectivity index (χ0v) is 12.9. The first-order chi connectivity index (χ1) is 9.56. The van der Waals surface area contributed by atoms with Crippen LogP contribution in [0, 0.1) is 0 Å². The van der Waals surface area contributed by atoms with Crippen LogP contribution in [0.4, 0.5) is 0 Å². The van der Waals surface area contributed by atoms with Crippen molar-refractivity contribution >= 4 is 11.6 Å². The number of aryl methyl sites for hydroxylation is 1. The van der Waals surface area contributed by atoms with E-state index in [9.17, 15) is 0 Å². The van der Waals surface area contributed by atoms with Gasteiger partial charge in [-0.2, -0.15) is 0 Å². The smallest absolute Gasteiger partial charge is 0.0406 e. The minimum absolute atomic E-state index is 0.0667. The third-order valence-corrected chi connectivity index (χ3v) is 3.94. The van der Waals surface area contributed by atoms with E-state index < -0.39 is 0 Å². The molecular formula is C18H22ClN. The van der Waals surface area contributed by atoms with Gasteiger partial charge >= 0.3 is 0 Å². The highest BCUT2D eigenvalue weighted by atomic mass is 35.5. The molecular weight excluding hydrogens is 266 g/mol. The average Bonchev–Trinajstić information content (AvgIpc) is 2.46. The highest BCUT2D eigenvalue weighted by molar-refractivity contribution is 6.30. The van der Waals surface area contributed by atoms with Crippen molar-refractivity contribution in [1.82, 2.24) is 0 Å². The van der Waals surface area contributed by atoms with Crippen molar-refractivity contribution in [1.29, 1.82) is 0 Å². The van der Waals surface area contributed by atoms with E-state index >= 15 is 0 Å². The Hall–Kier alpha value is -1.31. The fraction of sp³-hybridized carbons (Fsp3) is 0.333. The molecule has 2 aromatic rings. The Morgan fingerprint density at radius 3 is 2.00 bits per heavy atom. The predicted octanol–water partition coefficient (Wildman–Crippen LogP) is 5.10. The van der Waals surface area contributed by atoms with Crippen LogP contribution in [0.2, 0.25) is 5.02 Å². The van der Waals surface area contributed by atoms with E-state index in [2.05, 4.69) is 38.1 Å². The Labute approximate surface area is 126 Å². The van der Waals surface area contributed by atoms with Gasteiger partial charge in [0.25, 0.3) is 0 Å². The SMILES string of the molecule is CC(C)c1ccc(CCC(N)c2ccc(Cl)cc2)cc1. The Morgan fingerprint density at radius 1 is 0.900 bits per heavy atom. The summed E-state index contributed by atoms with van der Waals surface area (Å²) in [6, 6.07) is 16.7. The first-order valence-electron chi connectivity index (χ1n) is 7.16. The van der Waals surface area contributed by atoms with Crippen LogP contribution in [0.25, 0.3) is 0 Å². The van der Waals surface area contributed by atoms with Gasteiger partial charge in [0, 0.05) is 11.1 Å². The first kappa shape index (κ1) is 15.1. The van der Waals surface area contributed by atoms with Crippen molar-refractivity contribution in [2.45, 2.75) is 38.6 Å². The molecule has 2 N–H and O–H groups in total. The Bertz CT molecular complexity index is 528. The highest BCUT2D eigenvalue weighted by Gasteiger charge is 2.06. The van der Waals surface area contributed by atoms with E-state index in [4.69, 9.17) is 17.3 Å². The maximum Gasteiger partial charge on any atom is 0.0406 e.